The predicted molar refractivity (Wildman–Crippen MR) is 92.2 cm³/mol. The van der Waals surface area contributed by atoms with Crippen LogP contribution in [0, 0.1) is 0 Å². The maximum absolute atomic E-state index is 12.3. The lowest BCUT2D eigenvalue weighted by Crippen LogP contribution is -2.38. The highest BCUT2D eigenvalue weighted by molar-refractivity contribution is 7.88. The second-order valence-electron chi connectivity index (χ2n) is 5.29. The second-order valence-corrected chi connectivity index (χ2v) is 6.92. The summed E-state index contributed by atoms with van der Waals surface area (Å²) < 4.78 is 34.2. The maximum atomic E-state index is 12.3. The van der Waals surface area contributed by atoms with Gasteiger partial charge < -0.3 is 10.1 Å². The Labute approximate surface area is 142 Å². The first-order valence-electron chi connectivity index (χ1n) is 7.62. The number of ether oxygens (including phenoxy) is 1. The van der Waals surface area contributed by atoms with E-state index in [-0.39, 0.29) is 11.4 Å². The lowest BCUT2D eigenvalue weighted by atomic mass is 10.1. The van der Waals surface area contributed by atoms with Gasteiger partial charge in [-0.1, -0.05) is 13.3 Å². The van der Waals surface area contributed by atoms with Crippen molar-refractivity contribution in [1.82, 2.24) is 9.62 Å². The number of allylic oxidation sites excluding steroid dienone is 1. The second kappa shape index (κ2) is 7.48. The lowest BCUT2D eigenvalue weighted by Gasteiger charge is -2.23. The van der Waals surface area contributed by atoms with Crippen LogP contribution in [0.15, 0.2) is 40.4 Å². The van der Waals surface area contributed by atoms with Gasteiger partial charge in [-0.25, -0.2) is 4.31 Å². The number of hydrogen-bond donors (Lipinski definition) is 1. The first-order valence-corrected chi connectivity index (χ1v) is 9.02. The zero-order chi connectivity index (χ0) is 17.7. The number of nitrogens with one attached hydrogen (secondary N) is 1. The Balaban J connectivity index is 2.34. The molecule has 24 heavy (non-hydrogen) atoms. The number of rotatable bonds is 6. The quantitative estimate of drug-likeness (QED) is 0.786. The van der Waals surface area contributed by atoms with E-state index in [9.17, 15) is 13.2 Å². The predicted octanol–water partition coefficient (Wildman–Crippen LogP) is 1.47. The van der Waals surface area contributed by atoms with Crippen molar-refractivity contribution in [2.45, 2.75) is 19.8 Å². The number of nitrogens with zero attached hydrogens (tertiary/aromatic N) is 2. The Morgan fingerprint density at radius 2 is 1.96 bits per heavy atom. The van der Waals surface area contributed by atoms with E-state index in [0.717, 1.165) is 17.1 Å². The average molecular weight is 351 g/mol. The van der Waals surface area contributed by atoms with E-state index < -0.39 is 16.1 Å². The van der Waals surface area contributed by atoms with Gasteiger partial charge in [0.1, 0.15) is 11.4 Å². The van der Waals surface area contributed by atoms with Crippen LogP contribution >= 0.6 is 0 Å². The van der Waals surface area contributed by atoms with Crippen LogP contribution in [0.5, 0.6) is 5.75 Å². The van der Waals surface area contributed by atoms with Crippen molar-refractivity contribution >= 4 is 21.8 Å². The summed E-state index contributed by atoms with van der Waals surface area (Å²) in [5.74, 6) is 0.215. The Hall–Kier alpha value is -2.35. The van der Waals surface area contributed by atoms with Crippen molar-refractivity contribution in [2.75, 3.05) is 20.7 Å². The molecule has 1 N–H and O–H groups in total. The summed E-state index contributed by atoms with van der Waals surface area (Å²) in [5, 5.41) is 2.72. The largest absolute Gasteiger partial charge is 0.497 e. The molecule has 1 aliphatic heterocycles. The van der Waals surface area contributed by atoms with Gasteiger partial charge in [0.25, 0.3) is 5.91 Å². The molecule has 2 rings (SSSR count). The number of carbonyl (C=O) groups is 1. The fourth-order valence-electron chi connectivity index (χ4n) is 2.13. The minimum atomic E-state index is -3.94. The third kappa shape index (κ3) is 3.94. The van der Waals surface area contributed by atoms with Crippen LogP contribution in [0.25, 0.3) is 0 Å². The SMILES string of the molecule is CCCCNC(=O)C1=CC(c2ccc(OC)cc2)=NS(=O)(=O)N1C. The van der Waals surface area contributed by atoms with Gasteiger partial charge in [0.05, 0.1) is 12.8 Å². The molecule has 1 aliphatic rings. The summed E-state index contributed by atoms with van der Waals surface area (Å²) in [6.07, 6.45) is 3.24. The first-order chi connectivity index (χ1) is 11.4. The van der Waals surface area contributed by atoms with Crippen LogP contribution < -0.4 is 10.1 Å². The van der Waals surface area contributed by atoms with Gasteiger partial charge in [0.2, 0.25) is 0 Å². The molecule has 0 bridgehead atoms. The van der Waals surface area contributed by atoms with Crippen molar-refractivity contribution in [3.05, 3.63) is 41.6 Å². The van der Waals surface area contributed by atoms with Crippen LogP contribution in [-0.4, -0.2) is 45.0 Å². The molecule has 130 valence electrons. The summed E-state index contributed by atoms with van der Waals surface area (Å²) in [4.78, 5) is 12.3. The average Bonchev–Trinajstić information content (AvgIpc) is 2.57. The standard InChI is InChI=1S/C16H21N3O4S/c1-4-5-10-17-16(20)15-11-14(18-24(21,22)19(15)2)12-6-8-13(23-3)9-7-12/h6-9,11H,4-5,10H2,1-3H3,(H,17,20). The highest BCUT2D eigenvalue weighted by Crippen LogP contribution is 2.21. The van der Waals surface area contributed by atoms with Crippen molar-refractivity contribution in [3.63, 3.8) is 0 Å². The molecule has 0 saturated carbocycles. The third-order valence-electron chi connectivity index (χ3n) is 3.61. The van der Waals surface area contributed by atoms with E-state index in [4.69, 9.17) is 4.74 Å². The topological polar surface area (TPSA) is 88.1 Å². The van der Waals surface area contributed by atoms with Crippen LogP contribution in [0.1, 0.15) is 25.3 Å². The fraction of sp³-hybridized carbons (Fsp3) is 0.375. The van der Waals surface area contributed by atoms with Gasteiger partial charge in [-0.3, -0.25) is 4.79 Å². The molecular weight excluding hydrogens is 330 g/mol. The molecule has 0 radical (unpaired) electrons. The van der Waals surface area contributed by atoms with Gasteiger partial charge in [0, 0.05) is 19.2 Å². The Kier molecular flexibility index (Phi) is 5.61. The molecule has 1 aromatic carbocycles. The normalized spacial score (nSPS) is 16.2. The van der Waals surface area contributed by atoms with Gasteiger partial charge >= 0.3 is 10.2 Å². The lowest BCUT2D eigenvalue weighted by molar-refractivity contribution is -0.118. The molecule has 1 heterocycles. The van der Waals surface area contributed by atoms with Crippen LogP contribution in [-0.2, 0) is 15.0 Å². The van der Waals surface area contributed by atoms with Crippen molar-refractivity contribution in [3.8, 4) is 5.75 Å². The molecule has 0 unspecified atom stereocenters. The van der Waals surface area contributed by atoms with Crippen LogP contribution in [0.2, 0.25) is 0 Å². The molecule has 0 saturated heterocycles. The van der Waals surface area contributed by atoms with Crippen LogP contribution in [0.3, 0.4) is 0 Å². The van der Waals surface area contributed by atoms with E-state index in [1.807, 2.05) is 6.92 Å². The smallest absolute Gasteiger partial charge is 0.345 e. The van der Waals surface area contributed by atoms with E-state index >= 15 is 0 Å². The number of likely N-dealkylation sites (N-methyl/N-ethyl adjacent to an activating group) is 1. The summed E-state index contributed by atoms with van der Waals surface area (Å²) in [5.41, 5.74) is 0.856. The minimum absolute atomic E-state index is 0.0481. The Morgan fingerprint density at radius 3 is 2.54 bits per heavy atom. The van der Waals surface area contributed by atoms with E-state index in [2.05, 4.69) is 9.71 Å². The maximum Gasteiger partial charge on any atom is 0.345 e. The number of methoxy groups -OCH3 is 1. The molecule has 1 amide bonds. The summed E-state index contributed by atoms with van der Waals surface area (Å²) >= 11 is 0. The minimum Gasteiger partial charge on any atom is -0.497 e. The monoisotopic (exact) mass is 351 g/mol. The van der Waals surface area contributed by atoms with E-state index in [1.54, 1.807) is 31.4 Å². The number of carbonyl (C=O) groups excluding carboxylic acids is 1. The summed E-state index contributed by atoms with van der Waals surface area (Å²) in [6, 6.07) is 6.80. The van der Waals surface area contributed by atoms with Gasteiger partial charge in [-0.2, -0.15) is 8.42 Å². The number of unbranched alkanes of at least 4 members (excludes halogenated alkanes) is 1. The fourth-order valence-corrected chi connectivity index (χ4v) is 3.05. The number of benzene rings is 1. The Morgan fingerprint density at radius 1 is 1.29 bits per heavy atom. The molecular formula is C16H21N3O4S. The molecule has 0 fully saturated rings. The molecule has 0 aliphatic carbocycles. The van der Waals surface area contributed by atoms with Gasteiger partial charge in [-0.05, 0) is 36.8 Å². The summed E-state index contributed by atoms with van der Waals surface area (Å²) in [7, 11) is -1.08. The number of amides is 1. The summed E-state index contributed by atoms with van der Waals surface area (Å²) in [6.45, 7) is 2.51. The highest BCUT2D eigenvalue weighted by Gasteiger charge is 2.29. The Bertz CT molecular complexity index is 767. The zero-order valence-electron chi connectivity index (χ0n) is 13.9. The molecule has 7 nitrogen and oxygen atoms in total. The van der Waals surface area contributed by atoms with Crippen molar-refractivity contribution in [1.29, 1.82) is 0 Å². The molecule has 0 aromatic heterocycles. The molecule has 0 spiro atoms. The zero-order valence-corrected chi connectivity index (χ0v) is 14.8. The van der Waals surface area contributed by atoms with E-state index in [1.165, 1.54) is 13.1 Å². The highest BCUT2D eigenvalue weighted by atomic mass is 32.2. The number of hydrogen-bond acceptors (Lipinski definition) is 4. The van der Waals surface area contributed by atoms with Crippen molar-refractivity contribution < 1.29 is 17.9 Å². The molecule has 8 heteroatoms. The third-order valence-corrected chi connectivity index (χ3v) is 4.92. The molecule has 1 aromatic rings. The van der Waals surface area contributed by atoms with Crippen molar-refractivity contribution in [2.24, 2.45) is 4.40 Å². The first kappa shape index (κ1) is 18.0. The van der Waals surface area contributed by atoms with Gasteiger partial charge in [0.15, 0.2) is 0 Å². The van der Waals surface area contributed by atoms with E-state index in [0.29, 0.717) is 17.9 Å². The van der Waals surface area contributed by atoms with Crippen LogP contribution in [0.4, 0.5) is 0 Å². The van der Waals surface area contributed by atoms with Gasteiger partial charge in [-0.15, -0.1) is 4.40 Å². The molecule has 0 atom stereocenters.